The molecular formula is C23H21ClN4O5S. The van der Waals surface area contributed by atoms with Crippen molar-refractivity contribution in [1.29, 1.82) is 0 Å². The smallest absolute Gasteiger partial charge is 0.272 e. The second-order valence-corrected chi connectivity index (χ2v) is 9.70. The van der Waals surface area contributed by atoms with Crippen LogP contribution in [-0.2, 0) is 21.4 Å². The van der Waals surface area contributed by atoms with Gasteiger partial charge < -0.3 is 0 Å². The summed E-state index contributed by atoms with van der Waals surface area (Å²) < 4.78 is 27.6. The van der Waals surface area contributed by atoms with Crippen LogP contribution in [0.5, 0.6) is 0 Å². The van der Waals surface area contributed by atoms with E-state index in [2.05, 4.69) is 10.5 Å². The van der Waals surface area contributed by atoms with Gasteiger partial charge in [0.05, 0.1) is 28.1 Å². The van der Waals surface area contributed by atoms with Crippen LogP contribution < -0.4 is 5.43 Å². The highest BCUT2D eigenvalue weighted by molar-refractivity contribution is 7.89. The van der Waals surface area contributed by atoms with Crippen molar-refractivity contribution in [2.75, 3.05) is 6.54 Å². The van der Waals surface area contributed by atoms with E-state index in [4.69, 9.17) is 11.6 Å². The fraction of sp³-hybridized carbons (Fsp3) is 0.130. The highest BCUT2D eigenvalue weighted by Gasteiger charge is 2.27. The van der Waals surface area contributed by atoms with E-state index in [0.29, 0.717) is 10.6 Å². The average molecular weight is 501 g/mol. The van der Waals surface area contributed by atoms with Gasteiger partial charge in [-0.25, -0.2) is 13.8 Å². The first kappa shape index (κ1) is 25.0. The molecule has 0 saturated carbocycles. The Morgan fingerprint density at radius 3 is 2.50 bits per heavy atom. The number of sulfonamides is 1. The Bertz CT molecular complexity index is 1330. The lowest BCUT2D eigenvalue weighted by Gasteiger charge is -2.21. The first-order valence-electron chi connectivity index (χ1n) is 10.0. The topological polar surface area (TPSA) is 122 Å². The maximum Gasteiger partial charge on any atom is 0.278 e. The number of halogens is 1. The molecule has 0 aliphatic heterocycles. The number of amides is 1. The number of nitrogens with zero attached hydrogens (tertiary/aromatic N) is 3. The maximum absolute atomic E-state index is 13.3. The van der Waals surface area contributed by atoms with Crippen LogP contribution in [0.3, 0.4) is 0 Å². The molecule has 0 heterocycles. The molecule has 1 N–H and O–H groups in total. The summed E-state index contributed by atoms with van der Waals surface area (Å²) in [5.41, 5.74) is 3.74. The normalized spacial score (nSPS) is 11.6. The number of carbonyl (C=O) groups is 1. The molecule has 0 spiro atoms. The number of hydrogen-bond donors (Lipinski definition) is 1. The summed E-state index contributed by atoms with van der Waals surface area (Å²) in [6.07, 6.45) is 1.13. The monoisotopic (exact) mass is 500 g/mol. The number of benzene rings is 3. The van der Waals surface area contributed by atoms with E-state index in [9.17, 15) is 23.3 Å². The molecular weight excluding hydrogens is 480 g/mol. The highest BCUT2D eigenvalue weighted by Crippen LogP contribution is 2.20. The average Bonchev–Trinajstić information content (AvgIpc) is 2.79. The van der Waals surface area contributed by atoms with Crippen LogP contribution in [0.15, 0.2) is 82.8 Å². The minimum atomic E-state index is -4.03. The van der Waals surface area contributed by atoms with Crippen molar-refractivity contribution >= 4 is 39.4 Å². The Labute approximate surface area is 201 Å². The van der Waals surface area contributed by atoms with Crippen molar-refractivity contribution in [3.8, 4) is 0 Å². The summed E-state index contributed by atoms with van der Waals surface area (Å²) in [6, 6.07) is 18.8. The van der Waals surface area contributed by atoms with Crippen LogP contribution in [0.1, 0.15) is 16.7 Å². The van der Waals surface area contributed by atoms with Gasteiger partial charge in [0.25, 0.3) is 11.6 Å². The second kappa shape index (κ2) is 11.0. The Morgan fingerprint density at radius 1 is 1.12 bits per heavy atom. The minimum absolute atomic E-state index is 0.0383. The predicted molar refractivity (Wildman–Crippen MR) is 129 cm³/mol. The summed E-state index contributed by atoms with van der Waals surface area (Å²) in [5.74, 6) is -0.715. The van der Waals surface area contributed by atoms with Gasteiger partial charge in [-0.2, -0.15) is 9.41 Å². The van der Waals surface area contributed by atoms with Gasteiger partial charge in [0, 0.05) is 17.6 Å². The van der Waals surface area contributed by atoms with Crippen molar-refractivity contribution < 1.29 is 18.1 Å². The fourth-order valence-electron chi connectivity index (χ4n) is 3.06. The summed E-state index contributed by atoms with van der Waals surface area (Å²) in [6.45, 7) is 1.21. The zero-order valence-electron chi connectivity index (χ0n) is 18.1. The molecule has 0 bridgehead atoms. The molecule has 0 radical (unpaired) electrons. The van der Waals surface area contributed by atoms with Gasteiger partial charge in [0.1, 0.15) is 0 Å². The predicted octanol–water partition coefficient (Wildman–Crippen LogP) is 3.90. The molecule has 34 heavy (non-hydrogen) atoms. The molecule has 0 atom stereocenters. The first-order valence-corrected chi connectivity index (χ1v) is 11.9. The number of hydrogen-bond acceptors (Lipinski definition) is 6. The third-order valence-electron chi connectivity index (χ3n) is 4.75. The molecule has 3 aromatic carbocycles. The number of hydrazone groups is 1. The zero-order valence-corrected chi connectivity index (χ0v) is 19.7. The number of aryl methyl sites for hydroxylation is 1. The van der Waals surface area contributed by atoms with Crippen LogP contribution in [0.2, 0.25) is 5.02 Å². The van der Waals surface area contributed by atoms with Gasteiger partial charge >= 0.3 is 0 Å². The van der Waals surface area contributed by atoms with Gasteiger partial charge in [-0.05, 0) is 42.8 Å². The van der Waals surface area contributed by atoms with E-state index in [0.717, 1.165) is 16.1 Å². The lowest BCUT2D eigenvalue weighted by molar-refractivity contribution is -0.385. The van der Waals surface area contributed by atoms with E-state index in [1.807, 2.05) is 6.92 Å². The van der Waals surface area contributed by atoms with Crippen LogP contribution >= 0.6 is 11.6 Å². The molecule has 176 valence electrons. The summed E-state index contributed by atoms with van der Waals surface area (Å²) >= 11 is 6.03. The van der Waals surface area contributed by atoms with Crippen molar-refractivity contribution in [3.63, 3.8) is 0 Å². The second-order valence-electron chi connectivity index (χ2n) is 7.33. The van der Waals surface area contributed by atoms with Crippen LogP contribution in [0.25, 0.3) is 0 Å². The van der Waals surface area contributed by atoms with Crippen LogP contribution in [-0.4, -0.2) is 36.3 Å². The van der Waals surface area contributed by atoms with E-state index >= 15 is 0 Å². The Kier molecular flexibility index (Phi) is 8.11. The number of rotatable bonds is 9. The van der Waals surface area contributed by atoms with Crippen molar-refractivity contribution in [2.45, 2.75) is 18.4 Å². The third kappa shape index (κ3) is 6.47. The quantitative estimate of drug-likeness (QED) is 0.271. The Hall–Kier alpha value is -3.60. The van der Waals surface area contributed by atoms with Crippen LogP contribution in [0.4, 0.5) is 5.69 Å². The SMILES string of the molecule is Cc1ccc(S(=O)(=O)N(CC(=O)N/N=C\c2ccccc2[N+](=O)[O-])Cc2cccc(Cl)c2)cc1. The highest BCUT2D eigenvalue weighted by atomic mass is 35.5. The number of nitro groups is 1. The van der Waals surface area contributed by atoms with Gasteiger partial charge in [-0.1, -0.05) is 53.6 Å². The van der Waals surface area contributed by atoms with Gasteiger partial charge in [0.15, 0.2) is 0 Å². The van der Waals surface area contributed by atoms with E-state index in [-0.39, 0.29) is 22.7 Å². The lowest BCUT2D eigenvalue weighted by Crippen LogP contribution is -2.39. The largest absolute Gasteiger partial charge is 0.278 e. The number of nitro benzene ring substituents is 1. The molecule has 0 aromatic heterocycles. The minimum Gasteiger partial charge on any atom is -0.272 e. The molecule has 0 aliphatic carbocycles. The van der Waals surface area contributed by atoms with E-state index in [1.165, 1.54) is 30.3 Å². The standard InChI is InChI=1S/C23H21ClN4O5S/c1-17-9-11-21(12-10-17)34(32,33)27(15-18-5-4-7-20(24)13-18)16-23(29)26-25-14-19-6-2-3-8-22(19)28(30)31/h2-14H,15-16H2,1H3,(H,26,29)/b25-14-. The molecule has 3 rings (SSSR count). The summed E-state index contributed by atoms with van der Waals surface area (Å²) in [7, 11) is -4.03. The lowest BCUT2D eigenvalue weighted by atomic mass is 10.2. The van der Waals surface area contributed by atoms with Gasteiger partial charge in [-0.3, -0.25) is 14.9 Å². The summed E-state index contributed by atoms with van der Waals surface area (Å²) in [5, 5.41) is 15.3. The van der Waals surface area contributed by atoms with Crippen molar-refractivity contribution in [3.05, 3.63) is 105 Å². The molecule has 0 saturated heterocycles. The molecule has 11 heteroatoms. The van der Waals surface area contributed by atoms with Crippen molar-refractivity contribution in [1.82, 2.24) is 9.73 Å². The van der Waals surface area contributed by atoms with E-state index in [1.54, 1.807) is 42.5 Å². The first-order chi connectivity index (χ1) is 16.2. The molecule has 0 fully saturated rings. The molecule has 0 aliphatic rings. The molecule has 0 unspecified atom stereocenters. The maximum atomic E-state index is 13.3. The molecule has 1 amide bonds. The summed E-state index contributed by atoms with van der Waals surface area (Å²) in [4.78, 5) is 23.1. The Morgan fingerprint density at radius 2 is 1.82 bits per heavy atom. The van der Waals surface area contributed by atoms with Crippen LogP contribution in [0, 0.1) is 17.0 Å². The van der Waals surface area contributed by atoms with E-state index < -0.39 is 27.4 Å². The van der Waals surface area contributed by atoms with Crippen molar-refractivity contribution in [2.24, 2.45) is 5.10 Å². The number of nitrogens with one attached hydrogen (secondary N) is 1. The molecule has 3 aromatic rings. The fourth-order valence-corrected chi connectivity index (χ4v) is 4.65. The van der Waals surface area contributed by atoms with Gasteiger partial charge in [-0.15, -0.1) is 0 Å². The number of para-hydroxylation sites is 1. The zero-order chi connectivity index (χ0) is 24.7. The Balaban J connectivity index is 1.81. The molecule has 9 nitrogen and oxygen atoms in total. The number of carbonyl (C=O) groups excluding carboxylic acids is 1. The van der Waals surface area contributed by atoms with Gasteiger partial charge in [0.2, 0.25) is 10.0 Å². The third-order valence-corrected chi connectivity index (χ3v) is 6.79.